The van der Waals surface area contributed by atoms with E-state index in [0.717, 1.165) is 4.47 Å². The maximum Gasteiger partial charge on any atom is 0.277 e. The fraction of sp³-hybridized carbons (Fsp3) is 0.0667. The van der Waals surface area contributed by atoms with Crippen LogP contribution in [-0.2, 0) is 4.79 Å². The number of hydrogen-bond donors (Lipinski definition) is 1. The van der Waals surface area contributed by atoms with Crippen LogP contribution in [0.1, 0.15) is 5.56 Å². The Hall–Kier alpha value is -1.92. The van der Waals surface area contributed by atoms with Crippen LogP contribution in [0.25, 0.3) is 0 Å². The zero-order valence-corrected chi connectivity index (χ0v) is 13.6. The molecule has 0 bridgehead atoms. The summed E-state index contributed by atoms with van der Waals surface area (Å²) in [7, 11) is 0. The lowest BCUT2D eigenvalue weighted by Gasteiger charge is -2.07. The number of amides is 1. The van der Waals surface area contributed by atoms with Crippen LogP contribution in [0.3, 0.4) is 0 Å². The number of carbonyl (C=O) groups excluding carboxylic acids is 1. The molecule has 2 aromatic rings. The SMILES string of the molecule is O=C(COc1ccc(Br)cc1Cl)N/N=C/c1ccccc1F. The van der Waals surface area contributed by atoms with Crippen LogP contribution in [0.2, 0.25) is 5.02 Å². The van der Waals surface area contributed by atoms with E-state index in [-0.39, 0.29) is 12.2 Å². The molecule has 0 radical (unpaired) electrons. The van der Waals surface area contributed by atoms with E-state index < -0.39 is 11.7 Å². The van der Waals surface area contributed by atoms with Gasteiger partial charge in [-0.3, -0.25) is 4.79 Å². The van der Waals surface area contributed by atoms with Gasteiger partial charge in [-0.05, 0) is 24.3 Å². The summed E-state index contributed by atoms with van der Waals surface area (Å²) in [6.45, 7) is -0.254. The van der Waals surface area contributed by atoms with E-state index in [4.69, 9.17) is 16.3 Å². The first-order valence-corrected chi connectivity index (χ1v) is 7.37. The summed E-state index contributed by atoms with van der Waals surface area (Å²) in [5.74, 6) is -0.511. The van der Waals surface area contributed by atoms with E-state index in [0.29, 0.717) is 10.8 Å². The van der Waals surface area contributed by atoms with Gasteiger partial charge in [-0.2, -0.15) is 5.10 Å². The molecule has 114 valence electrons. The second-order valence-corrected chi connectivity index (χ2v) is 5.50. The number of benzene rings is 2. The van der Waals surface area contributed by atoms with Crippen molar-refractivity contribution in [2.45, 2.75) is 0 Å². The molecule has 0 unspecified atom stereocenters. The monoisotopic (exact) mass is 384 g/mol. The van der Waals surface area contributed by atoms with E-state index in [2.05, 4.69) is 26.5 Å². The van der Waals surface area contributed by atoms with Gasteiger partial charge in [0.25, 0.3) is 5.91 Å². The van der Waals surface area contributed by atoms with Crippen molar-refractivity contribution in [3.8, 4) is 5.75 Å². The molecule has 2 aromatic carbocycles. The van der Waals surface area contributed by atoms with Gasteiger partial charge in [0.2, 0.25) is 0 Å². The quantitative estimate of drug-likeness (QED) is 0.629. The van der Waals surface area contributed by atoms with Gasteiger partial charge in [-0.1, -0.05) is 45.7 Å². The van der Waals surface area contributed by atoms with Crippen LogP contribution in [0.5, 0.6) is 5.75 Å². The van der Waals surface area contributed by atoms with Gasteiger partial charge >= 0.3 is 0 Å². The molecule has 1 amide bonds. The summed E-state index contributed by atoms with van der Waals surface area (Å²) in [4.78, 5) is 11.6. The number of carbonyl (C=O) groups is 1. The topological polar surface area (TPSA) is 50.7 Å². The minimum atomic E-state index is -0.480. The third-order valence-electron chi connectivity index (χ3n) is 2.55. The van der Waals surface area contributed by atoms with E-state index >= 15 is 0 Å². The number of rotatable bonds is 5. The highest BCUT2D eigenvalue weighted by molar-refractivity contribution is 9.10. The third-order valence-corrected chi connectivity index (χ3v) is 3.34. The van der Waals surface area contributed by atoms with Crippen LogP contribution in [0, 0.1) is 5.82 Å². The van der Waals surface area contributed by atoms with Crippen molar-refractivity contribution >= 4 is 39.7 Å². The molecule has 0 saturated heterocycles. The Labute approximate surface area is 140 Å². The molecule has 0 atom stereocenters. The molecule has 22 heavy (non-hydrogen) atoms. The number of halogens is 3. The van der Waals surface area contributed by atoms with Crippen molar-refractivity contribution < 1.29 is 13.9 Å². The lowest BCUT2D eigenvalue weighted by atomic mass is 10.2. The normalized spacial score (nSPS) is 10.7. The number of ether oxygens (including phenoxy) is 1. The zero-order valence-electron chi connectivity index (χ0n) is 11.2. The minimum Gasteiger partial charge on any atom is -0.482 e. The van der Waals surface area contributed by atoms with Crippen molar-refractivity contribution in [1.29, 1.82) is 0 Å². The number of nitrogens with zero attached hydrogens (tertiary/aromatic N) is 1. The highest BCUT2D eigenvalue weighted by atomic mass is 79.9. The summed E-state index contributed by atoms with van der Waals surface area (Å²) in [5.41, 5.74) is 2.52. The van der Waals surface area contributed by atoms with Gasteiger partial charge in [0, 0.05) is 10.0 Å². The van der Waals surface area contributed by atoms with E-state index in [9.17, 15) is 9.18 Å². The molecular formula is C15H11BrClFN2O2. The molecule has 0 aromatic heterocycles. The maximum absolute atomic E-state index is 13.3. The molecule has 4 nitrogen and oxygen atoms in total. The Morgan fingerprint density at radius 1 is 1.36 bits per heavy atom. The van der Waals surface area contributed by atoms with Crippen LogP contribution < -0.4 is 10.2 Å². The Bertz CT molecular complexity index is 710. The largest absolute Gasteiger partial charge is 0.482 e. The van der Waals surface area contributed by atoms with Crippen LogP contribution in [0.4, 0.5) is 4.39 Å². The zero-order chi connectivity index (χ0) is 15.9. The highest BCUT2D eigenvalue weighted by Gasteiger charge is 2.05. The Morgan fingerprint density at radius 2 is 2.14 bits per heavy atom. The van der Waals surface area contributed by atoms with Gasteiger partial charge in [0.05, 0.1) is 11.2 Å². The average Bonchev–Trinajstić information content (AvgIpc) is 2.48. The predicted molar refractivity (Wildman–Crippen MR) is 86.8 cm³/mol. The van der Waals surface area contributed by atoms with Gasteiger partial charge in [0.15, 0.2) is 6.61 Å². The molecule has 0 aliphatic carbocycles. The lowest BCUT2D eigenvalue weighted by Crippen LogP contribution is -2.24. The third kappa shape index (κ3) is 4.82. The summed E-state index contributed by atoms with van der Waals surface area (Å²) in [6.07, 6.45) is 1.22. The second kappa shape index (κ2) is 7.91. The van der Waals surface area contributed by atoms with Crippen molar-refractivity contribution in [3.63, 3.8) is 0 Å². The van der Waals surface area contributed by atoms with Crippen molar-refractivity contribution in [1.82, 2.24) is 5.43 Å². The molecule has 0 heterocycles. The molecule has 2 rings (SSSR count). The second-order valence-electron chi connectivity index (χ2n) is 4.18. The van der Waals surface area contributed by atoms with Crippen LogP contribution in [-0.4, -0.2) is 18.7 Å². The highest BCUT2D eigenvalue weighted by Crippen LogP contribution is 2.27. The Morgan fingerprint density at radius 3 is 2.86 bits per heavy atom. The fourth-order valence-corrected chi connectivity index (χ4v) is 2.25. The van der Waals surface area contributed by atoms with Gasteiger partial charge < -0.3 is 4.74 Å². The van der Waals surface area contributed by atoms with Crippen LogP contribution in [0.15, 0.2) is 52.0 Å². The first kappa shape index (κ1) is 16.5. The smallest absolute Gasteiger partial charge is 0.277 e. The Balaban J connectivity index is 1.84. The maximum atomic E-state index is 13.3. The Kier molecular flexibility index (Phi) is 5.91. The lowest BCUT2D eigenvalue weighted by molar-refractivity contribution is -0.123. The van der Waals surface area contributed by atoms with E-state index in [1.807, 2.05) is 0 Å². The standard InChI is InChI=1S/C15H11BrClFN2O2/c16-11-5-6-14(12(17)7-11)22-9-15(21)20-19-8-10-3-1-2-4-13(10)18/h1-8H,9H2,(H,20,21)/b19-8+. The molecule has 1 N–H and O–H groups in total. The summed E-state index contributed by atoms with van der Waals surface area (Å²) < 4.78 is 19.4. The number of hydrogen-bond acceptors (Lipinski definition) is 3. The molecule has 0 saturated carbocycles. The van der Waals surface area contributed by atoms with Crippen molar-refractivity contribution in [2.75, 3.05) is 6.61 Å². The van der Waals surface area contributed by atoms with Crippen LogP contribution >= 0.6 is 27.5 Å². The van der Waals surface area contributed by atoms with Crippen molar-refractivity contribution in [3.05, 3.63) is 63.3 Å². The van der Waals surface area contributed by atoms with E-state index in [1.165, 1.54) is 12.3 Å². The predicted octanol–water partition coefficient (Wildman–Crippen LogP) is 3.77. The summed E-state index contributed by atoms with van der Waals surface area (Å²) in [5, 5.41) is 4.05. The van der Waals surface area contributed by atoms with Gasteiger partial charge in [-0.25, -0.2) is 9.82 Å². The van der Waals surface area contributed by atoms with Gasteiger partial charge in [0.1, 0.15) is 11.6 Å². The average molecular weight is 386 g/mol. The summed E-state index contributed by atoms with van der Waals surface area (Å²) in [6, 6.07) is 11.1. The molecule has 7 heteroatoms. The minimum absolute atomic E-state index is 0.254. The molecule has 0 aliphatic rings. The first-order valence-electron chi connectivity index (χ1n) is 6.20. The van der Waals surface area contributed by atoms with Gasteiger partial charge in [-0.15, -0.1) is 0 Å². The molecular weight excluding hydrogens is 375 g/mol. The summed E-state index contributed by atoms with van der Waals surface area (Å²) >= 11 is 9.23. The first-order chi connectivity index (χ1) is 10.6. The number of nitrogens with one attached hydrogen (secondary N) is 1. The van der Waals surface area contributed by atoms with Crippen molar-refractivity contribution in [2.24, 2.45) is 5.10 Å². The molecule has 0 spiro atoms. The number of hydrazone groups is 1. The van der Waals surface area contributed by atoms with E-state index in [1.54, 1.807) is 36.4 Å². The molecule has 0 fully saturated rings. The molecule has 0 aliphatic heterocycles. The fourth-order valence-electron chi connectivity index (χ4n) is 1.52.